The van der Waals surface area contributed by atoms with E-state index in [2.05, 4.69) is 5.16 Å². The van der Waals surface area contributed by atoms with E-state index >= 15 is 0 Å². The normalized spacial score (nSPS) is 13.6. The number of benzene rings is 1. The maximum absolute atomic E-state index is 9.17. The zero-order valence-corrected chi connectivity index (χ0v) is 9.77. The monoisotopic (exact) mass is 223 g/mol. The molecule has 0 aliphatic rings. The van der Waals surface area contributed by atoms with Crippen LogP contribution in [0.15, 0.2) is 23.4 Å². The van der Waals surface area contributed by atoms with Crippen LogP contribution >= 0.6 is 0 Å². The highest BCUT2D eigenvalue weighted by atomic mass is 16.5. The lowest BCUT2D eigenvalue weighted by Gasteiger charge is -2.12. The van der Waals surface area contributed by atoms with Crippen LogP contribution in [0.4, 0.5) is 0 Å². The van der Waals surface area contributed by atoms with Crippen LogP contribution in [0.3, 0.4) is 0 Å². The van der Waals surface area contributed by atoms with Gasteiger partial charge < -0.3 is 15.1 Å². The van der Waals surface area contributed by atoms with Crippen LogP contribution in [0.5, 0.6) is 5.75 Å². The van der Waals surface area contributed by atoms with Gasteiger partial charge in [0.1, 0.15) is 12.4 Å². The summed E-state index contributed by atoms with van der Waals surface area (Å²) in [5.41, 5.74) is 2.27. The van der Waals surface area contributed by atoms with Crippen molar-refractivity contribution in [3.8, 4) is 5.75 Å². The Bertz CT molecular complexity index is 386. The molecule has 4 heteroatoms. The van der Waals surface area contributed by atoms with Gasteiger partial charge >= 0.3 is 0 Å². The van der Waals surface area contributed by atoms with E-state index in [9.17, 15) is 0 Å². The zero-order chi connectivity index (χ0) is 12.1. The number of oxime groups is 1. The quantitative estimate of drug-likeness (QED) is 0.466. The highest BCUT2D eigenvalue weighted by Gasteiger charge is 2.08. The lowest BCUT2D eigenvalue weighted by Crippen LogP contribution is -2.14. The number of ether oxygens (including phenoxy) is 1. The molecule has 4 nitrogen and oxygen atoms in total. The largest absolute Gasteiger partial charge is 0.490 e. The molecule has 0 aromatic heterocycles. The highest BCUT2D eigenvalue weighted by molar-refractivity contribution is 6.00. The minimum absolute atomic E-state index is 0.217. The first-order chi connectivity index (χ1) is 7.54. The van der Waals surface area contributed by atoms with E-state index in [1.165, 1.54) is 0 Å². The standard InChI is InChI=1S/C12H17NO3/c1-8-4-5-11(10(3)13-15)12(6-8)16-7-9(2)14/h4-6,9,14-15H,7H2,1-3H3/b13-10+. The summed E-state index contributed by atoms with van der Waals surface area (Å²) < 4.78 is 5.46. The Kier molecular flexibility index (Phi) is 4.31. The first kappa shape index (κ1) is 12.5. The summed E-state index contributed by atoms with van der Waals surface area (Å²) in [4.78, 5) is 0. The fourth-order valence-corrected chi connectivity index (χ4v) is 1.31. The number of aryl methyl sites for hydroxylation is 1. The Hall–Kier alpha value is -1.55. The van der Waals surface area contributed by atoms with Crippen molar-refractivity contribution in [1.29, 1.82) is 0 Å². The molecule has 0 fully saturated rings. The molecule has 1 aromatic carbocycles. The molecule has 1 rings (SSSR count). The third kappa shape index (κ3) is 3.24. The van der Waals surface area contributed by atoms with Crippen LogP contribution in [-0.2, 0) is 0 Å². The SMILES string of the molecule is C/C(=N\O)c1ccc(C)cc1OCC(C)O. The predicted octanol–water partition coefficient (Wildman–Crippen LogP) is 1.95. The molecular weight excluding hydrogens is 206 g/mol. The number of hydrogen-bond acceptors (Lipinski definition) is 4. The fraction of sp³-hybridized carbons (Fsp3) is 0.417. The summed E-state index contributed by atoms with van der Waals surface area (Å²) in [6.07, 6.45) is -0.528. The van der Waals surface area contributed by atoms with E-state index in [0.717, 1.165) is 11.1 Å². The van der Waals surface area contributed by atoms with Gasteiger partial charge in [0.15, 0.2) is 0 Å². The van der Waals surface area contributed by atoms with Crippen LogP contribution in [0.2, 0.25) is 0 Å². The Morgan fingerprint density at radius 1 is 1.50 bits per heavy atom. The van der Waals surface area contributed by atoms with E-state index in [-0.39, 0.29) is 6.61 Å². The molecule has 0 aliphatic heterocycles. The number of aliphatic hydroxyl groups excluding tert-OH is 1. The van der Waals surface area contributed by atoms with Crippen molar-refractivity contribution < 1.29 is 15.1 Å². The van der Waals surface area contributed by atoms with Crippen molar-refractivity contribution in [3.05, 3.63) is 29.3 Å². The smallest absolute Gasteiger partial charge is 0.128 e. The fourth-order valence-electron chi connectivity index (χ4n) is 1.31. The van der Waals surface area contributed by atoms with Gasteiger partial charge in [-0.2, -0.15) is 0 Å². The summed E-state index contributed by atoms with van der Waals surface area (Å²) >= 11 is 0. The maximum Gasteiger partial charge on any atom is 0.128 e. The predicted molar refractivity (Wildman–Crippen MR) is 62.4 cm³/mol. The molecule has 0 heterocycles. The molecule has 1 atom stereocenters. The summed E-state index contributed by atoms with van der Waals surface area (Å²) in [7, 11) is 0. The average molecular weight is 223 g/mol. The second kappa shape index (κ2) is 5.51. The van der Waals surface area contributed by atoms with Gasteiger partial charge in [-0.1, -0.05) is 11.2 Å². The van der Waals surface area contributed by atoms with Gasteiger partial charge in [0, 0.05) is 5.56 Å². The van der Waals surface area contributed by atoms with E-state index in [1.807, 2.05) is 25.1 Å². The van der Waals surface area contributed by atoms with Gasteiger partial charge in [-0.3, -0.25) is 0 Å². The maximum atomic E-state index is 9.17. The Morgan fingerprint density at radius 3 is 2.75 bits per heavy atom. The van der Waals surface area contributed by atoms with E-state index in [0.29, 0.717) is 11.5 Å². The zero-order valence-electron chi connectivity index (χ0n) is 9.77. The van der Waals surface area contributed by atoms with Crippen molar-refractivity contribution in [1.82, 2.24) is 0 Å². The van der Waals surface area contributed by atoms with Gasteiger partial charge in [0.25, 0.3) is 0 Å². The van der Waals surface area contributed by atoms with Gasteiger partial charge in [0.05, 0.1) is 11.8 Å². The minimum atomic E-state index is -0.528. The van der Waals surface area contributed by atoms with Gasteiger partial charge in [0.2, 0.25) is 0 Å². The number of hydrogen-bond donors (Lipinski definition) is 2. The molecule has 1 aromatic rings. The molecule has 1 unspecified atom stereocenters. The first-order valence-corrected chi connectivity index (χ1v) is 5.15. The van der Waals surface area contributed by atoms with Crippen LogP contribution in [0.1, 0.15) is 25.0 Å². The van der Waals surface area contributed by atoms with Crippen LogP contribution in [-0.4, -0.2) is 28.7 Å². The molecule has 0 radical (unpaired) electrons. The minimum Gasteiger partial charge on any atom is -0.490 e. The number of rotatable bonds is 4. The molecule has 2 N–H and O–H groups in total. The van der Waals surface area contributed by atoms with Crippen LogP contribution in [0.25, 0.3) is 0 Å². The molecule has 0 bridgehead atoms. The van der Waals surface area contributed by atoms with Crippen molar-refractivity contribution >= 4 is 5.71 Å². The lowest BCUT2D eigenvalue weighted by atomic mass is 10.1. The summed E-state index contributed by atoms with van der Waals surface area (Å²) in [6.45, 7) is 5.52. The van der Waals surface area contributed by atoms with Crippen molar-refractivity contribution in [2.75, 3.05) is 6.61 Å². The molecule has 88 valence electrons. The third-order valence-electron chi connectivity index (χ3n) is 2.16. The van der Waals surface area contributed by atoms with Gasteiger partial charge in [-0.25, -0.2) is 0 Å². The van der Waals surface area contributed by atoms with Gasteiger partial charge in [-0.15, -0.1) is 0 Å². The van der Waals surface area contributed by atoms with E-state index < -0.39 is 6.10 Å². The molecule has 0 saturated carbocycles. The highest BCUT2D eigenvalue weighted by Crippen LogP contribution is 2.21. The Balaban J connectivity index is 2.99. The second-order valence-corrected chi connectivity index (χ2v) is 3.85. The van der Waals surface area contributed by atoms with Crippen molar-refractivity contribution in [2.45, 2.75) is 26.9 Å². The summed E-state index contributed by atoms with van der Waals surface area (Å²) in [5, 5.41) is 21.1. The Labute approximate surface area is 95.2 Å². The van der Waals surface area contributed by atoms with Crippen molar-refractivity contribution in [2.24, 2.45) is 5.16 Å². The molecule has 0 spiro atoms. The molecule has 0 aliphatic carbocycles. The topological polar surface area (TPSA) is 62.1 Å². The van der Waals surface area contributed by atoms with E-state index in [1.54, 1.807) is 13.8 Å². The molecule has 16 heavy (non-hydrogen) atoms. The summed E-state index contributed by atoms with van der Waals surface area (Å²) in [5.74, 6) is 0.621. The molecule has 0 saturated heterocycles. The van der Waals surface area contributed by atoms with Crippen LogP contribution < -0.4 is 4.74 Å². The van der Waals surface area contributed by atoms with Gasteiger partial charge in [-0.05, 0) is 38.5 Å². The second-order valence-electron chi connectivity index (χ2n) is 3.85. The summed E-state index contributed by atoms with van der Waals surface area (Å²) in [6, 6.07) is 5.60. The van der Waals surface area contributed by atoms with E-state index in [4.69, 9.17) is 15.1 Å². The number of aliphatic hydroxyl groups is 1. The lowest BCUT2D eigenvalue weighted by molar-refractivity contribution is 0.122. The molecule has 0 amide bonds. The van der Waals surface area contributed by atoms with Crippen LogP contribution in [0, 0.1) is 6.92 Å². The Morgan fingerprint density at radius 2 is 2.19 bits per heavy atom. The average Bonchev–Trinajstić information content (AvgIpc) is 2.25. The van der Waals surface area contributed by atoms with Crippen molar-refractivity contribution in [3.63, 3.8) is 0 Å². The third-order valence-corrected chi connectivity index (χ3v) is 2.16. The molecular formula is C12H17NO3. The first-order valence-electron chi connectivity index (χ1n) is 5.15. The number of nitrogens with zero attached hydrogens (tertiary/aromatic N) is 1.